The number of benzene rings is 4. The first-order chi connectivity index (χ1) is 19.7. The van der Waals surface area contributed by atoms with Crippen molar-refractivity contribution < 1.29 is 14.3 Å². The summed E-state index contributed by atoms with van der Waals surface area (Å²) in [5.74, 6) is -0.309. The first-order valence-corrected chi connectivity index (χ1v) is 13.7. The van der Waals surface area contributed by atoms with E-state index in [0.29, 0.717) is 6.42 Å². The van der Waals surface area contributed by atoms with Gasteiger partial charge in [0.2, 0.25) is 5.91 Å². The first-order valence-electron chi connectivity index (χ1n) is 13.7. The van der Waals surface area contributed by atoms with E-state index in [1.807, 2.05) is 89.7 Å². The van der Waals surface area contributed by atoms with Crippen LogP contribution in [0.5, 0.6) is 0 Å². The van der Waals surface area contributed by atoms with Crippen molar-refractivity contribution in [3.63, 3.8) is 0 Å². The largest absolute Gasteiger partial charge is 0.444 e. The second-order valence-corrected chi connectivity index (χ2v) is 11.0. The van der Waals surface area contributed by atoms with Crippen molar-refractivity contribution in [3.8, 4) is 16.9 Å². The monoisotopic (exact) mass is 546 g/mol. The number of aromatic nitrogens is 2. The molecule has 41 heavy (non-hydrogen) atoms. The van der Waals surface area contributed by atoms with E-state index in [1.54, 1.807) is 20.8 Å². The summed E-state index contributed by atoms with van der Waals surface area (Å²) in [5, 5.41) is 13.0. The molecule has 0 radical (unpaired) electrons. The quantitative estimate of drug-likeness (QED) is 0.234. The Kier molecular flexibility index (Phi) is 8.15. The third kappa shape index (κ3) is 7.19. The molecule has 1 heterocycles. The summed E-state index contributed by atoms with van der Waals surface area (Å²) in [7, 11) is 0. The minimum Gasteiger partial charge on any atom is -0.444 e. The average molecular weight is 547 g/mol. The predicted octanol–water partition coefficient (Wildman–Crippen LogP) is 6.44. The van der Waals surface area contributed by atoms with E-state index in [0.717, 1.165) is 38.8 Å². The summed E-state index contributed by atoms with van der Waals surface area (Å²) in [6, 6.07) is 33.1. The fraction of sp³-hybridized carbons (Fsp3) is 0.206. The minimum atomic E-state index is -0.819. The number of rotatable bonds is 8. The Labute approximate surface area is 240 Å². The van der Waals surface area contributed by atoms with Gasteiger partial charge < -0.3 is 15.4 Å². The highest BCUT2D eigenvalue weighted by Crippen LogP contribution is 2.27. The molecular weight excluding hydrogens is 512 g/mol. The third-order valence-corrected chi connectivity index (χ3v) is 6.58. The maximum Gasteiger partial charge on any atom is 0.408 e. The molecule has 0 fully saturated rings. The zero-order chi connectivity index (χ0) is 28.8. The molecular formula is C34H34N4O3. The topological polar surface area (TPSA) is 85.2 Å². The smallest absolute Gasteiger partial charge is 0.408 e. The number of nitrogens with zero attached hydrogens (tertiary/aromatic N) is 2. The van der Waals surface area contributed by atoms with Crippen LogP contribution in [0, 0.1) is 0 Å². The minimum absolute atomic E-state index is 0.231. The van der Waals surface area contributed by atoms with Gasteiger partial charge in [-0.3, -0.25) is 4.79 Å². The van der Waals surface area contributed by atoms with E-state index in [2.05, 4.69) is 34.9 Å². The lowest BCUT2D eigenvalue weighted by Gasteiger charge is -2.23. The summed E-state index contributed by atoms with van der Waals surface area (Å²) in [5.41, 5.74) is 3.75. The standard InChI is InChI=1S/C34H34N4O3/c1-34(2,3)41-33(40)36-30(20-24-12-6-4-7-13-24)32(39)35-22-28-23-38(29-16-8-5-9-17-29)37-31(28)27-19-18-25-14-10-11-15-26(25)21-27/h4-19,21,23,30H,20,22H2,1-3H3,(H,35,39)(H,36,40)/t30-/m0/s1. The van der Waals surface area contributed by atoms with Gasteiger partial charge in [-0.05, 0) is 55.3 Å². The zero-order valence-electron chi connectivity index (χ0n) is 23.5. The van der Waals surface area contributed by atoms with Gasteiger partial charge in [0.15, 0.2) is 0 Å². The number of nitrogens with one attached hydrogen (secondary N) is 2. The van der Waals surface area contributed by atoms with Crippen LogP contribution in [-0.4, -0.2) is 33.4 Å². The van der Waals surface area contributed by atoms with Gasteiger partial charge in [0.05, 0.1) is 11.4 Å². The number of para-hydroxylation sites is 1. The van der Waals surface area contributed by atoms with Gasteiger partial charge in [-0.25, -0.2) is 9.48 Å². The number of ether oxygens (including phenoxy) is 1. The number of carbonyl (C=O) groups excluding carboxylic acids is 2. The van der Waals surface area contributed by atoms with Gasteiger partial charge in [-0.2, -0.15) is 5.10 Å². The van der Waals surface area contributed by atoms with E-state index in [1.165, 1.54) is 0 Å². The Hall–Kier alpha value is -4.91. The molecule has 0 saturated heterocycles. The van der Waals surface area contributed by atoms with Gasteiger partial charge in [-0.15, -0.1) is 0 Å². The number of amides is 2. The third-order valence-electron chi connectivity index (χ3n) is 6.58. The molecule has 1 atom stereocenters. The Morgan fingerprint density at radius 1 is 0.854 bits per heavy atom. The van der Waals surface area contributed by atoms with E-state index in [4.69, 9.17) is 9.84 Å². The van der Waals surface area contributed by atoms with Crippen LogP contribution in [0.4, 0.5) is 4.79 Å². The van der Waals surface area contributed by atoms with E-state index in [9.17, 15) is 9.59 Å². The molecule has 0 spiro atoms. The van der Waals surface area contributed by atoms with Crippen molar-refractivity contribution in [2.75, 3.05) is 0 Å². The highest BCUT2D eigenvalue weighted by atomic mass is 16.6. The average Bonchev–Trinajstić information content (AvgIpc) is 3.40. The van der Waals surface area contributed by atoms with Crippen LogP contribution in [0.1, 0.15) is 31.9 Å². The Bertz CT molecular complexity index is 1640. The summed E-state index contributed by atoms with van der Waals surface area (Å²) < 4.78 is 7.27. The second kappa shape index (κ2) is 12.1. The molecule has 0 bridgehead atoms. The fourth-order valence-corrected chi connectivity index (χ4v) is 4.65. The molecule has 7 heteroatoms. The Morgan fingerprint density at radius 2 is 1.51 bits per heavy atom. The summed E-state index contributed by atoms with van der Waals surface area (Å²) >= 11 is 0. The normalized spacial score (nSPS) is 12.1. The number of hydrogen-bond acceptors (Lipinski definition) is 4. The fourth-order valence-electron chi connectivity index (χ4n) is 4.65. The van der Waals surface area contributed by atoms with Crippen LogP contribution in [0.2, 0.25) is 0 Å². The highest BCUT2D eigenvalue weighted by Gasteiger charge is 2.25. The highest BCUT2D eigenvalue weighted by molar-refractivity contribution is 5.88. The summed E-state index contributed by atoms with van der Waals surface area (Å²) in [6.45, 7) is 5.60. The van der Waals surface area contributed by atoms with Crippen molar-refractivity contribution >= 4 is 22.8 Å². The molecule has 208 valence electrons. The Morgan fingerprint density at radius 3 is 2.22 bits per heavy atom. The van der Waals surface area contributed by atoms with Crippen molar-refractivity contribution in [2.45, 2.75) is 45.4 Å². The molecule has 5 aromatic rings. The Balaban J connectivity index is 1.42. The van der Waals surface area contributed by atoms with Crippen LogP contribution < -0.4 is 10.6 Å². The molecule has 0 aliphatic rings. The number of hydrogen-bond donors (Lipinski definition) is 2. The van der Waals surface area contributed by atoms with Crippen molar-refractivity contribution in [3.05, 3.63) is 120 Å². The molecule has 4 aromatic carbocycles. The van der Waals surface area contributed by atoms with Gasteiger partial charge in [0.25, 0.3) is 0 Å². The van der Waals surface area contributed by atoms with E-state index < -0.39 is 17.7 Å². The van der Waals surface area contributed by atoms with Gasteiger partial charge in [0.1, 0.15) is 11.6 Å². The molecule has 5 rings (SSSR count). The molecule has 7 nitrogen and oxygen atoms in total. The van der Waals surface area contributed by atoms with Crippen LogP contribution in [0.3, 0.4) is 0 Å². The first kappa shape index (κ1) is 27.6. The predicted molar refractivity (Wildman–Crippen MR) is 162 cm³/mol. The number of fused-ring (bicyclic) bond motifs is 1. The van der Waals surface area contributed by atoms with Crippen molar-refractivity contribution in [2.24, 2.45) is 0 Å². The van der Waals surface area contributed by atoms with Crippen molar-refractivity contribution in [1.29, 1.82) is 0 Å². The van der Waals surface area contributed by atoms with Crippen molar-refractivity contribution in [1.82, 2.24) is 20.4 Å². The molecule has 2 amide bonds. The van der Waals surface area contributed by atoms with Crippen LogP contribution in [0.15, 0.2) is 109 Å². The molecule has 0 unspecified atom stereocenters. The molecule has 1 aromatic heterocycles. The van der Waals surface area contributed by atoms with Crippen LogP contribution in [-0.2, 0) is 22.5 Å². The summed E-state index contributed by atoms with van der Waals surface area (Å²) in [4.78, 5) is 26.1. The van der Waals surface area contributed by atoms with Gasteiger partial charge >= 0.3 is 6.09 Å². The van der Waals surface area contributed by atoms with Crippen LogP contribution in [0.25, 0.3) is 27.7 Å². The lowest BCUT2D eigenvalue weighted by molar-refractivity contribution is -0.123. The SMILES string of the molecule is CC(C)(C)OC(=O)N[C@@H](Cc1ccccc1)C(=O)NCc1cn(-c2ccccc2)nc1-c1ccc2ccccc2c1. The van der Waals surface area contributed by atoms with E-state index >= 15 is 0 Å². The zero-order valence-corrected chi connectivity index (χ0v) is 23.5. The van der Waals surface area contributed by atoms with E-state index in [-0.39, 0.29) is 12.5 Å². The lowest BCUT2D eigenvalue weighted by atomic mass is 10.0. The summed E-state index contributed by atoms with van der Waals surface area (Å²) in [6.07, 6.45) is 1.63. The van der Waals surface area contributed by atoms with Crippen LogP contribution >= 0.6 is 0 Å². The van der Waals surface area contributed by atoms with Gasteiger partial charge in [-0.1, -0.05) is 84.9 Å². The molecule has 0 saturated carbocycles. The molecule has 0 aliphatic carbocycles. The second-order valence-electron chi connectivity index (χ2n) is 11.0. The maximum absolute atomic E-state index is 13.5. The number of alkyl carbamates (subject to hydrolysis) is 1. The van der Waals surface area contributed by atoms with Gasteiger partial charge in [0, 0.05) is 30.3 Å². The molecule has 2 N–H and O–H groups in total. The lowest BCUT2D eigenvalue weighted by Crippen LogP contribution is -2.49. The number of carbonyl (C=O) groups is 2. The molecule has 0 aliphatic heterocycles. The maximum atomic E-state index is 13.5.